The van der Waals surface area contributed by atoms with Crippen molar-refractivity contribution in [2.24, 2.45) is 5.10 Å². The molecule has 1 N–H and O–H groups in total. The van der Waals surface area contributed by atoms with Crippen LogP contribution in [-0.2, 0) is 0 Å². The number of aromatic nitrogens is 3. The average Bonchev–Trinajstić information content (AvgIpc) is 3.23. The molecule has 0 bridgehead atoms. The molecule has 0 fully saturated rings. The Bertz CT molecular complexity index is 947. The first-order valence-electron chi connectivity index (χ1n) is 7.40. The number of ether oxygens (including phenoxy) is 2. The summed E-state index contributed by atoms with van der Waals surface area (Å²) in [6, 6.07) is 7.05. The average molecular weight is 379 g/mol. The predicted octanol–water partition coefficient (Wildman–Crippen LogP) is 4.14. The maximum Gasteiger partial charge on any atom is 0.219 e. The van der Waals surface area contributed by atoms with Crippen LogP contribution in [0.15, 0.2) is 40.0 Å². The second-order valence-electron chi connectivity index (χ2n) is 4.85. The molecule has 0 saturated heterocycles. The van der Waals surface area contributed by atoms with E-state index >= 15 is 0 Å². The van der Waals surface area contributed by atoms with Gasteiger partial charge < -0.3 is 13.9 Å². The summed E-state index contributed by atoms with van der Waals surface area (Å²) in [7, 11) is 1.54. The van der Waals surface area contributed by atoms with Gasteiger partial charge in [0, 0.05) is 0 Å². The number of hydrogen-bond donors (Lipinski definition) is 1. The van der Waals surface area contributed by atoms with Crippen LogP contribution < -0.4 is 9.47 Å². The minimum Gasteiger partial charge on any atom is -0.491 e. The third-order valence-electron chi connectivity index (χ3n) is 3.25. The van der Waals surface area contributed by atoms with Crippen molar-refractivity contribution in [3.8, 4) is 23.1 Å². The van der Waals surface area contributed by atoms with E-state index in [1.54, 1.807) is 36.7 Å². The number of rotatable bonds is 6. The second kappa shape index (κ2) is 7.54. The second-order valence-corrected chi connectivity index (χ2v) is 5.65. The fourth-order valence-electron chi connectivity index (χ4n) is 2.21. The van der Waals surface area contributed by atoms with Crippen molar-refractivity contribution in [2.75, 3.05) is 13.7 Å². The Morgan fingerprint density at radius 1 is 1.48 bits per heavy atom. The van der Waals surface area contributed by atoms with E-state index < -0.39 is 0 Å². The molecule has 130 valence electrons. The van der Waals surface area contributed by atoms with Gasteiger partial charge >= 0.3 is 0 Å². The standard InChI is InChI=1S/C16H15ClN4O3S/c1-3-23-13-8-10(7-11(17)14(13)22-2)9-18-21-15(19-20-16(21)25)12-5-4-6-24-12/h4-9H,3H2,1-2H3,(H,20,25)/b18-9-. The highest BCUT2D eigenvalue weighted by Gasteiger charge is 2.12. The molecule has 2 heterocycles. The quantitative estimate of drug-likeness (QED) is 0.515. The van der Waals surface area contributed by atoms with Gasteiger partial charge in [-0.15, -0.1) is 5.10 Å². The molecule has 0 aliphatic rings. The third-order valence-corrected chi connectivity index (χ3v) is 3.80. The molecule has 0 spiro atoms. The van der Waals surface area contributed by atoms with Crippen LogP contribution in [-0.4, -0.2) is 34.8 Å². The summed E-state index contributed by atoms with van der Waals surface area (Å²) < 4.78 is 18.0. The molecule has 0 aliphatic carbocycles. The minimum atomic E-state index is 0.340. The summed E-state index contributed by atoms with van der Waals surface area (Å²) >= 11 is 11.5. The third kappa shape index (κ3) is 3.59. The molecule has 1 aromatic carbocycles. The van der Waals surface area contributed by atoms with Crippen LogP contribution in [0.5, 0.6) is 11.5 Å². The van der Waals surface area contributed by atoms with Crippen LogP contribution >= 0.6 is 23.8 Å². The predicted molar refractivity (Wildman–Crippen MR) is 97.3 cm³/mol. The zero-order chi connectivity index (χ0) is 17.8. The maximum absolute atomic E-state index is 6.25. The number of methoxy groups -OCH3 is 1. The van der Waals surface area contributed by atoms with Crippen molar-refractivity contribution in [1.29, 1.82) is 0 Å². The summed E-state index contributed by atoms with van der Waals surface area (Å²) in [6.07, 6.45) is 3.16. The number of hydrogen-bond acceptors (Lipinski definition) is 6. The monoisotopic (exact) mass is 378 g/mol. The lowest BCUT2D eigenvalue weighted by Gasteiger charge is -2.11. The van der Waals surface area contributed by atoms with Gasteiger partial charge in [0.15, 0.2) is 17.3 Å². The van der Waals surface area contributed by atoms with Crippen molar-refractivity contribution in [2.45, 2.75) is 6.92 Å². The summed E-state index contributed by atoms with van der Waals surface area (Å²) in [6.45, 7) is 2.37. The lowest BCUT2D eigenvalue weighted by Crippen LogP contribution is -1.98. The molecule has 3 aromatic rings. The number of nitrogens with zero attached hydrogens (tertiary/aromatic N) is 3. The van der Waals surface area contributed by atoms with E-state index in [1.807, 2.05) is 6.92 Å². The molecule has 7 nitrogen and oxygen atoms in total. The van der Waals surface area contributed by atoms with Crippen molar-refractivity contribution < 1.29 is 13.9 Å². The molecule has 0 atom stereocenters. The summed E-state index contributed by atoms with van der Waals surface area (Å²) in [5.74, 6) is 2.04. The van der Waals surface area contributed by atoms with Gasteiger partial charge in [-0.3, -0.25) is 0 Å². The van der Waals surface area contributed by atoms with Crippen molar-refractivity contribution >= 4 is 30.0 Å². The molecule has 0 saturated carbocycles. The molecule has 9 heteroatoms. The number of aromatic amines is 1. The molecule has 0 unspecified atom stereocenters. The van der Waals surface area contributed by atoms with Gasteiger partial charge in [-0.05, 0) is 49.0 Å². The highest BCUT2D eigenvalue weighted by molar-refractivity contribution is 7.71. The van der Waals surface area contributed by atoms with E-state index in [1.165, 1.54) is 11.8 Å². The Labute approximate surface area is 153 Å². The molecule has 25 heavy (non-hydrogen) atoms. The van der Waals surface area contributed by atoms with Crippen molar-refractivity contribution in [3.05, 3.63) is 45.9 Å². The molecule has 0 aliphatic heterocycles. The normalized spacial score (nSPS) is 11.2. The van der Waals surface area contributed by atoms with E-state index in [0.717, 1.165) is 5.56 Å². The zero-order valence-electron chi connectivity index (χ0n) is 13.5. The lowest BCUT2D eigenvalue weighted by molar-refractivity contribution is 0.311. The van der Waals surface area contributed by atoms with Gasteiger partial charge in [-0.1, -0.05) is 11.6 Å². The van der Waals surface area contributed by atoms with Crippen molar-refractivity contribution in [3.63, 3.8) is 0 Å². The topological polar surface area (TPSA) is 77.6 Å². The molecule has 2 aromatic heterocycles. The molecule has 3 rings (SSSR count). The van der Waals surface area contributed by atoms with Gasteiger partial charge in [0.25, 0.3) is 0 Å². The van der Waals surface area contributed by atoms with E-state index in [4.69, 9.17) is 37.7 Å². The number of furan rings is 1. The highest BCUT2D eigenvalue weighted by atomic mass is 35.5. The fourth-order valence-corrected chi connectivity index (χ4v) is 2.69. The highest BCUT2D eigenvalue weighted by Crippen LogP contribution is 2.35. The molecular weight excluding hydrogens is 364 g/mol. The first-order chi connectivity index (χ1) is 12.1. The van der Waals surface area contributed by atoms with Gasteiger partial charge in [0.2, 0.25) is 10.6 Å². The van der Waals surface area contributed by atoms with E-state index in [-0.39, 0.29) is 0 Å². The van der Waals surface area contributed by atoms with Crippen molar-refractivity contribution in [1.82, 2.24) is 14.9 Å². The van der Waals surface area contributed by atoms with E-state index in [0.29, 0.717) is 39.5 Å². The van der Waals surface area contributed by atoms with Gasteiger partial charge in [-0.25, -0.2) is 5.10 Å². The zero-order valence-corrected chi connectivity index (χ0v) is 15.1. The van der Waals surface area contributed by atoms with Gasteiger partial charge in [0.05, 0.1) is 31.2 Å². The number of halogens is 1. The van der Waals surface area contributed by atoms with Crippen LogP contribution in [0, 0.1) is 4.77 Å². The number of nitrogens with one attached hydrogen (secondary N) is 1. The number of H-pyrrole nitrogens is 1. The first kappa shape index (κ1) is 17.2. The van der Waals surface area contributed by atoms with Crippen LogP contribution in [0.25, 0.3) is 11.6 Å². The SMILES string of the molecule is CCOc1cc(/C=N\n2c(-c3ccco3)n[nH]c2=S)cc(Cl)c1OC. The lowest BCUT2D eigenvalue weighted by atomic mass is 10.2. The first-order valence-corrected chi connectivity index (χ1v) is 8.18. The Morgan fingerprint density at radius 3 is 3.00 bits per heavy atom. The van der Waals surface area contributed by atoms with E-state index in [9.17, 15) is 0 Å². The molecular formula is C16H15ClN4O3S. The summed E-state index contributed by atoms with van der Waals surface area (Å²) in [4.78, 5) is 0. The Morgan fingerprint density at radius 2 is 2.32 bits per heavy atom. The van der Waals surface area contributed by atoms with Gasteiger partial charge in [-0.2, -0.15) is 9.78 Å². The Hall–Kier alpha value is -2.58. The van der Waals surface area contributed by atoms with Crippen LogP contribution in [0.3, 0.4) is 0 Å². The smallest absolute Gasteiger partial charge is 0.219 e. The maximum atomic E-state index is 6.25. The Balaban J connectivity index is 1.98. The molecule has 0 amide bonds. The van der Waals surface area contributed by atoms with Crippen LogP contribution in [0.2, 0.25) is 5.02 Å². The number of benzene rings is 1. The summed E-state index contributed by atoms with van der Waals surface area (Å²) in [5, 5.41) is 11.6. The minimum absolute atomic E-state index is 0.340. The fraction of sp³-hybridized carbons (Fsp3) is 0.188. The van der Waals surface area contributed by atoms with Crippen LogP contribution in [0.4, 0.5) is 0 Å². The molecule has 0 radical (unpaired) electrons. The largest absolute Gasteiger partial charge is 0.491 e. The van der Waals surface area contributed by atoms with Crippen LogP contribution in [0.1, 0.15) is 12.5 Å². The summed E-state index contributed by atoms with van der Waals surface area (Å²) in [5.41, 5.74) is 0.725. The Kier molecular flexibility index (Phi) is 5.20. The van der Waals surface area contributed by atoms with E-state index in [2.05, 4.69) is 15.3 Å². The van der Waals surface area contributed by atoms with Gasteiger partial charge in [0.1, 0.15) is 0 Å².